The number of imidazole rings is 1. The summed E-state index contributed by atoms with van der Waals surface area (Å²) in [5, 5.41) is 4.78. The number of aromatic nitrogens is 2. The molecule has 0 fully saturated rings. The molecule has 0 saturated heterocycles. The molecule has 0 aliphatic carbocycles. The van der Waals surface area contributed by atoms with Crippen LogP contribution in [0, 0.1) is 0 Å². The van der Waals surface area contributed by atoms with Crippen LogP contribution in [0.4, 0.5) is 0 Å². The Morgan fingerprint density at radius 1 is 1.13 bits per heavy atom. The van der Waals surface area contributed by atoms with Gasteiger partial charge < -0.3 is 9.72 Å². The highest BCUT2D eigenvalue weighted by molar-refractivity contribution is 9.10. The summed E-state index contributed by atoms with van der Waals surface area (Å²) < 4.78 is 6.82. The molecule has 0 aliphatic heterocycles. The van der Waals surface area contributed by atoms with Gasteiger partial charge in [0.05, 0.1) is 23.0 Å². The average molecular weight is 495 g/mol. The van der Waals surface area contributed by atoms with E-state index in [9.17, 15) is 4.79 Å². The number of thioether (sulfide) groups is 1. The highest BCUT2D eigenvalue weighted by Crippen LogP contribution is 2.23. The summed E-state index contributed by atoms with van der Waals surface area (Å²) in [6.07, 6.45) is 1.58. The number of hydrogen-bond acceptors (Lipinski definition) is 5. The van der Waals surface area contributed by atoms with Gasteiger partial charge in [0.1, 0.15) is 12.4 Å². The number of fused-ring (bicyclic) bond motifs is 1. The van der Waals surface area contributed by atoms with Gasteiger partial charge >= 0.3 is 0 Å². The normalized spacial score (nSPS) is 11.1. The molecule has 0 bridgehead atoms. The lowest BCUT2D eigenvalue weighted by molar-refractivity contribution is -0.118. The van der Waals surface area contributed by atoms with E-state index in [0.29, 0.717) is 17.5 Å². The van der Waals surface area contributed by atoms with Gasteiger partial charge in [-0.05, 0) is 35.9 Å². The summed E-state index contributed by atoms with van der Waals surface area (Å²) in [4.78, 5) is 19.8. The highest BCUT2D eigenvalue weighted by Gasteiger charge is 2.07. The van der Waals surface area contributed by atoms with Crippen molar-refractivity contribution in [1.82, 2.24) is 15.4 Å². The van der Waals surface area contributed by atoms with E-state index in [1.807, 2.05) is 72.8 Å². The molecule has 8 heteroatoms. The van der Waals surface area contributed by atoms with E-state index in [0.717, 1.165) is 26.6 Å². The van der Waals surface area contributed by atoms with Crippen LogP contribution in [0.3, 0.4) is 0 Å². The Labute approximate surface area is 192 Å². The molecule has 1 aromatic heterocycles. The fourth-order valence-electron chi connectivity index (χ4n) is 2.82. The van der Waals surface area contributed by atoms with E-state index in [2.05, 4.69) is 36.4 Å². The zero-order valence-corrected chi connectivity index (χ0v) is 18.8. The van der Waals surface area contributed by atoms with E-state index in [4.69, 9.17) is 4.74 Å². The van der Waals surface area contributed by atoms with Crippen molar-refractivity contribution in [2.24, 2.45) is 5.10 Å². The van der Waals surface area contributed by atoms with Crippen LogP contribution in [0.2, 0.25) is 0 Å². The summed E-state index contributed by atoms with van der Waals surface area (Å²) >= 11 is 4.79. The van der Waals surface area contributed by atoms with Crippen molar-refractivity contribution in [3.05, 3.63) is 88.4 Å². The van der Waals surface area contributed by atoms with Crippen LogP contribution in [0.1, 0.15) is 11.1 Å². The molecule has 0 unspecified atom stereocenters. The standard InChI is InChI=1S/C23H19BrN4O2S/c24-18-10-11-21(30-14-16-6-2-1-3-7-16)17(12-18)13-25-28-22(29)15-31-23-26-19-8-4-5-9-20(19)27-23/h1-13H,14-15H2,(H,26,27)(H,28,29)/b25-13-. The number of amides is 1. The van der Waals surface area contributed by atoms with Crippen LogP contribution >= 0.6 is 27.7 Å². The Bertz CT molecular complexity index is 1180. The number of benzene rings is 3. The van der Waals surface area contributed by atoms with Crippen LogP contribution < -0.4 is 10.2 Å². The van der Waals surface area contributed by atoms with Crippen molar-refractivity contribution in [3.63, 3.8) is 0 Å². The van der Waals surface area contributed by atoms with E-state index in [1.165, 1.54) is 11.8 Å². The molecule has 0 aliphatic rings. The molecule has 1 amide bonds. The Morgan fingerprint density at radius 2 is 1.94 bits per heavy atom. The molecular weight excluding hydrogens is 476 g/mol. The number of carbonyl (C=O) groups is 1. The van der Waals surface area contributed by atoms with Crippen molar-refractivity contribution in [3.8, 4) is 5.75 Å². The van der Waals surface area contributed by atoms with Crippen molar-refractivity contribution in [2.75, 3.05) is 5.75 Å². The minimum absolute atomic E-state index is 0.201. The van der Waals surface area contributed by atoms with Crippen molar-refractivity contribution in [1.29, 1.82) is 0 Å². The second kappa shape index (κ2) is 10.3. The topological polar surface area (TPSA) is 79.4 Å². The van der Waals surface area contributed by atoms with Gasteiger partial charge in [-0.25, -0.2) is 10.4 Å². The minimum atomic E-state index is -0.219. The first-order valence-corrected chi connectivity index (χ1v) is 11.3. The molecule has 3 aromatic carbocycles. The lowest BCUT2D eigenvalue weighted by Gasteiger charge is -2.09. The number of ether oxygens (including phenoxy) is 1. The third kappa shape index (κ3) is 5.96. The van der Waals surface area contributed by atoms with Gasteiger partial charge in [0.25, 0.3) is 5.91 Å². The highest BCUT2D eigenvalue weighted by atomic mass is 79.9. The lowest BCUT2D eigenvalue weighted by Crippen LogP contribution is -2.19. The Hall–Kier alpha value is -3.10. The van der Waals surface area contributed by atoms with E-state index >= 15 is 0 Å². The molecule has 31 heavy (non-hydrogen) atoms. The first-order valence-electron chi connectivity index (χ1n) is 9.53. The van der Waals surface area contributed by atoms with Gasteiger partial charge in [0.2, 0.25) is 0 Å². The second-order valence-corrected chi connectivity index (χ2v) is 8.48. The number of halogens is 1. The van der Waals surface area contributed by atoms with Crippen molar-refractivity contribution >= 4 is 50.8 Å². The number of hydrazone groups is 1. The third-order valence-electron chi connectivity index (χ3n) is 4.31. The largest absolute Gasteiger partial charge is 0.488 e. The van der Waals surface area contributed by atoms with E-state index in [1.54, 1.807) is 6.21 Å². The number of hydrogen-bond donors (Lipinski definition) is 2. The molecule has 0 atom stereocenters. The van der Waals surface area contributed by atoms with Gasteiger partial charge in [-0.15, -0.1) is 0 Å². The smallest absolute Gasteiger partial charge is 0.250 e. The average Bonchev–Trinajstić information content (AvgIpc) is 3.21. The molecule has 4 aromatic rings. The summed E-state index contributed by atoms with van der Waals surface area (Å²) in [6.45, 7) is 0.448. The van der Waals surface area contributed by atoms with E-state index in [-0.39, 0.29) is 11.7 Å². The van der Waals surface area contributed by atoms with Gasteiger partial charge in [0, 0.05) is 10.0 Å². The molecule has 156 valence electrons. The predicted molar refractivity (Wildman–Crippen MR) is 127 cm³/mol. The van der Waals surface area contributed by atoms with Crippen molar-refractivity contribution in [2.45, 2.75) is 11.8 Å². The first kappa shape index (κ1) is 21.1. The van der Waals surface area contributed by atoms with Crippen LogP contribution in [-0.2, 0) is 11.4 Å². The summed E-state index contributed by atoms with van der Waals surface area (Å²) in [5.41, 5.74) is 6.21. The van der Waals surface area contributed by atoms with Crippen LogP contribution in [0.5, 0.6) is 5.75 Å². The fourth-order valence-corrected chi connectivity index (χ4v) is 3.88. The maximum Gasteiger partial charge on any atom is 0.250 e. The van der Waals surface area contributed by atoms with Crippen LogP contribution in [0.15, 0.2) is 87.5 Å². The van der Waals surface area contributed by atoms with Crippen molar-refractivity contribution < 1.29 is 9.53 Å². The predicted octanol–water partition coefficient (Wildman–Crippen LogP) is 5.15. The number of H-pyrrole nitrogens is 1. The molecule has 1 heterocycles. The van der Waals surface area contributed by atoms with Gasteiger partial charge in [-0.1, -0.05) is 70.2 Å². The maximum atomic E-state index is 12.2. The van der Waals surface area contributed by atoms with Gasteiger partial charge in [0.15, 0.2) is 5.16 Å². The number of nitrogens with zero attached hydrogens (tertiary/aromatic N) is 2. The Balaban J connectivity index is 1.33. The lowest BCUT2D eigenvalue weighted by atomic mass is 10.2. The molecule has 0 spiro atoms. The summed E-state index contributed by atoms with van der Waals surface area (Å²) in [6, 6.07) is 23.3. The quantitative estimate of drug-likeness (QED) is 0.201. The van der Waals surface area contributed by atoms with Crippen LogP contribution in [0.25, 0.3) is 11.0 Å². The molecule has 6 nitrogen and oxygen atoms in total. The Kier molecular flexibility index (Phi) is 7.01. The Morgan fingerprint density at radius 3 is 2.77 bits per heavy atom. The molecule has 4 rings (SSSR count). The second-order valence-electron chi connectivity index (χ2n) is 6.60. The molecular formula is C23H19BrN4O2S. The number of rotatable bonds is 8. The number of aromatic amines is 1. The zero-order chi connectivity index (χ0) is 21.5. The van der Waals surface area contributed by atoms with Gasteiger partial charge in [-0.2, -0.15) is 5.10 Å². The number of carbonyl (C=O) groups excluding carboxylic acids is 1. The monoisotopic (exact) mass is 494 g/mol. The SMILES string of the molecule is O=C(CSc1nc2ccccc2[nH]1)N/N=C\c1cc(Br)ccc1OCc1ccccc1. The molecule has 2 N–H and O–H groups in total. The fraction of sp³-hybridized carbons (Fsp3) is 0.0870. The first-order chi connectivity index (χ1) is 15.2. The molecule has 0 radical (unpaired) electrons. The van der Waals surface area contributed by atoms with Crippen LogP contribution in [-0.4, -0.2) is 27.8 Å². The number of para-hydroxylation sites is 2. The van der Waals surface area contributed by atoms with Gasteiger partial charge in [-0.3, -0.25) is 4.79 Å². The minimum Gasteiger partial charge on any atom is -0.488 e. The summed E-state index contributed by atoms with van der Waals surface area (Å²) in [5.74, 6) is 0.665. The van der Waals surface area contributed by atoms with E-state index < -0.39 is 0 Å². The maximum absolute atomic E-state index is 12.2. The zero-order valence-electron chi connectivity index (χ0n) is 16.4. The number of nitrogens with one attached hydrogen (secondary N) is 2. The molecule has 0 saturated carbocycles. The summed E-state index contributed by atoms with van der Waals surface area (Å²) in [7, 11) is 0. The third-order valence-corrected chi connectivity index (χ3v) is 5.68.